The molecule has 0 aliphatic carbocycles. The standard InChI is InChI=1S/C12H15BrO2/c1-12(8-14)5-2-6-15-11-7-9(13)3-4-10(11)12/h3-4,7,14H,2,5-6,8H2,1H3. The molecular weight excluding hydrogens is 256 g/mol. The van der Waals surface area contributed by atoms with Gasteiger partial charge in [0.25, 0.3) is 0 Å². The van der Waals surface area contributed by atoms with Crippen LogP contribution >= 0.6 is 15.9 Å². The Kier molecular flexibility index (Phi) is 3.03. The molecule has 0 aromatic heterocycles. The molecule has 1 atom stereocenters. The van der Waals surface area contributed by atoms with Crippen LogP contribution in [0.2, 0.25) is 0 Å². The molecule has 0 bridgehead atoms. The molecule has 0 saturated carbocycles. The van der Waals surface area contributed by atoms with Crippen LogP contribution in [0, 0.1) is 0 Å². The van der Waals surface area contributed by atoms with Gasteiger partial charge in [0.15, 0.2) is 0 Å². The van der Waals surface area contributed by atoms with E-state index in [1.165, 1.54) is 0 Å². The van der Waals surface area contributed by atoms with Crippen molar-refractivity contribution in [1.82, 2.24) is 0 Å². The van der Waals surface area contributed by atoms with Crippen molar-refractivity contribution >= 4 is 15.9 Å². The maximum Gasteiger partial charge on any atom is 0.124 e. The fraction of sp³-hybridized carbons (Fsp3) is 0.500. The quantitative estimate of drug-likeness (QED) is 0.851. The van der Waals surface area contributed by atoms with Gasteiger partial charge in [-0.3, -0.25) is 0 Å². The van der Waals surface area contributed by atoms with E-state index in [4.69, 9.17) is 4.74 Å². The highest BCUT2D eigenvalue weighted by molar-refractivity contribution is 9.10. The predicted molar refractivity (Wildman–Crippen MR) is 63.3 cm³/mol. The maximum absolute atomic E-state index is 9.52. The number of hydrogen-bond donors (Lipinski definition) is 1. The van der Waals surface area contributed by atoms with Crippen LogP contribution in [-0.4, -0.2) is 18.3 Å². The molecular formula is C12H15BrO2. The molecule has 0 fully saturated rings. The number of fused-ring (bicyclic) bond motifs is 1. The van der Waals surface area contributed by atoms with Gasteiger partial charge in [-0.15, -0.1) is 0 Å². The number of aliphatic hydroxyl groups is 1. The van der Waals surface area contributed by atoms with Gasteiger partial charge in [-0.1, -0.05) is 28.9 Å². The molecule has 1 aliphatic heterocycles. The smallest absolute Gasteiger partial charge is 0.124 e. The highest BCUT2D eigenvalue weighted by atomic mass is 79.9. The number of halogens is 1. The average molecular weight is 271 g/mol. The third-order valence-corrected chi connectivity index (χ3v) is 3.57. The van der Waals surface area contributed by atoms with E-state index < -0.39 is 0 Å². The fourth-order valence-electron chi connectivity index (χ4n) is 2.06. The van der Waals surface area contributed by atoms with Crippen molar-refractivity contribution in [2.45, 2.75) is 25.2 Å². The minimum absolute atomic E-state index is 0.160. The van der Waals surface area contributed by atoms with Crippen molar-refractivity contribution in [2.24, 2.45) is 0 Å². The summed E-state index contributed by atoms with van der Waals surface area (Å²) in [6.07, 6.45) is 1.96. The zero-order valence-corrected chi connectivity index (χ0v) is 10.4. The van der Waals surface area contributed by atoms with Crippen LogP contribution in [0.5, 0.6) is 5.75 Å². The van der Waals surface area contributed by atoms with Gasteiger partial charge in [0.1, 0.15) is 5.75 Å². The Hall–Kier alpha value is -0.540. The van der Waals surface area contributed by atoms with Crippen molar-refractivity contribution in [2.75, 3.05) is 13.2 Å². The summed E-state index contributed by atoms with van der Waals surface area (Å²) in [5.74, 6) is 0.901. The number of hydrogen-bond acceptors (Lipinski definition) is 2. The summed E-state index contributed by atoms with van der Waals surface area (Å²) < 4.78 is 6.70. The van der Waals surface area contributed by atoms with Crippen LogP contribution in [0.1, 0.15) is 25.3 Å². The first-order valence-corrected chi connectivity index (χ1v) is 5.99. The lowest BCUT2D eigenvalue weighted by molar-refractivity contribution is 0.196. The van der Waals surface area contributed by atoms with Crippen LogP contribution in [0.15, 0.2) is 22.7 Å². The first-order chi connectivity index (χ1) is 7.15. The third kappa shape index (κ3) is 2.04. The lowest BCUT2D eigenvalue weighted by Gasteiger charge is -2.26. The molecule has 2 nitrogen and oxygen atoms in total. The fourth-order valence-corrected chi connectivity index (χ4v) is 2.40. The van der Waals surface area contributed by atoms with Gasteiger partial charge in [-0.05, 0) is 25.0 Å². The molecule has 1 aromatic carbocycles. The second-order valence-corrected chi connectivity index (χ2v) is 5.23. The van der Waals surface area contributed by atoms with Gasteiger partial charge in [0, 0.05) is 15.5 Å². The Balaban J connectivity index is 2.50. The van der Waals surface area contributed by atoms with Gasteiger partial charge in [0.2, 0.25) is 0 Å². The normalized spacial score (nSPS) is 25.3. The van der Waals surface area contributed by atoms with Crippen molar-refractivity contribution in [3.63, 3.8) is 0 Å². The summed E-state index contributed by atoms with van der Waals surface area (Å²) in [7, 11) is 0. The molecule has 1 unspecified atom stereocenters. The van der Waals surface area contributed by atoms with Gasteiger partial charge in [-0.2, -0.15) is 0 Å². The lowest BCUT2D eigenvalue weighted by atomic mass is 9.79. The largest absolute Gasteiger partial charge is 0.493 e. The summed E-state index contributed by atoms with van der Waals surface area (Å²) in [5.41, 5.74) is 0.956. The Morgan fingerprint density at radius 3 is 3.07 bits per heavy atom. The predicted octanol–water partition coefficient (Wildman–Crippen LogP) is 2.87. The highest BCUT2D eigenvalue weighted by Gasteiger charge is 2.30. The van der Waals surface area contributed by atoms with Gasteiger partial charge in [-0.25, -0.2) is 0 Å². The lowest BCUT2D eigenvalue weighted by Crippen LogP contribution is -2.25. The molecule has 2 rings (SSSR count). The van der Waals surface area contributed by atoms with E-state index in [2.05, 4.69) is 22.9 Å². The molecule has 1 aliphatic rings. The molecule has 3 heteroatoms. The number of rotatable bonds is 1. The summed E-state index contributed by atoms with van der Waals surface area (Å²) in [6.45, 7) is 3.00. The second-order valence-electron chi connectivity index (χ2n) is 4.31. The van der Waals surface area contributed by atoms with Crippen molar-refractivity contribution in [3.05, 3.63) is 28.2 Å². The topological polar surface area (TPSA) is 29.5 Å². The van der Waals surface area contributed by atoms with Gasteiger partial charge < -0.3 is 9.84 Å². The van der Waals surface area contributed by atoms with E-state index in [0.29, 0.717) is 0 Å². The number of aliphatic hydroxyl groups excluding tert-OH is 1. The monoisotopic (exact) mass is 270 g/mol. The van der Waals surface area contributed by atoms with Gasteiger partial charge in [0.05, 0.1) is 13.2 Å². The molecule has 0 amide bonds. The van der Waals surface area contributed by atoms with E-state index in [0.717, 1.165) is 35.2 Å². The molecule has 0 spiro atoms. The van der Waals surface area contributed by atoms with Crippen LogP contribution in [0.3, 0.4) is 0 Å². The molecule has 82 valence electrons. The van der Waals surface area contributed by atoms with Crippen LogP contribution in [0.25, 0.3) is 0 Å². The molecule has 1 N–H and O–H groups in total. The Bertz CT molecular complexity index is 365. The van der Waals surface area contributed by atoms with Gasteiger partial charge >= 0.3 is 0 Å². The molecule has 0 saturated heterocycles. The van der Waals surface area contributed by atoms with Crippen LogP contribution in [0.4, 0.5) is 0 Å². The van der Waals surface area contributed by atoms with E-state index >= 15 is 0 Å². The van der Waals surface area contributed by atoms with E-state index in [9.17, 15) is 5.11 Å². The summed E-state index contributed by atoms with van der Waals surface area (Å²) in [4.78, 5) is 0. The molecule has 15 heavy (non-hydrogen) atoms. The van der Waals surface area contributed by atoms with Crippen molar-refractivity contribution < 1.29 is 9.84 Å². The zero-order chi connectivity index (χ0) is 10.9. The van der Waals surface area contributed by atoms with E-state index in [-0.39, 0.29) is 12.0 Å². The molecule has 1 heterocycles. The van der Waals surface area contributed by atoms with Crippen molar-refractivity contribution in [3.8, 4) is 5.75 Å². The SMILES string of the molecule is CC1(CO)CCCOc2cc(Br)ccc21. The molecule has 0 radical (unpaired) electrons. The number of ether oxygens (including phenoxy) is 1. The first kappa shape index (κ1) is 11.0. The van der Waals surface area contributed by atoms with E-state index in [1.807, 2.05) is 18.2 Å². The summed E-state index contributed by atoms with van der Waals surface area (Å²) in [5, 5.41) is 9.52. The summed E-state index contributed by atoms with van der Waals surface area (Å²) in [6, 6.07) is 6.02. The van der Waals surface area contributed by atoms with Crippen LogP contribution < -0.4 is 4.74 Å². The number of benzene rings is 1. The summed E-state index contributed by atoms with van der Waals surface area (Å²) >= 11 is 3.43. The zero-order valence-electron chi connectivity index (χ0n) is 8.79. The first-order valence-electron chi connectivity index (χ1n) is 5.19. The minimum Gasteiger partial charge on any atom is -0.493 e. The maximum atomic E-state index is 9.52. The minimum atomic E-state index is -0.160. The molecule has 1 aromatic rings. The average Bonchev–Trinajstić information content (AvgIpc) is 2.39. The second kappa shape index (κ2) is 4.14. The third-order valence-electron chi connectivity index (χ3n) is 3.07. The Morgan fingerprint density at radius 2 is 2.33 bits per heavy atom. The Labute approximate surface area is 98.4 Å². The van der Waals surface area contributed by atoms with Crippen molar-refractivity contribution in [1.29, 1.82) is 0 Å². The van der Waals surface area contributed by atoms with Crippen LogP contribution in [-0.2, 0) is 5.41 Å². The van der Waals surface area contributed by atoms with E-state index in [1.54, 1.807) is 0 Å². The Morgan fingerprint density at radius 1 is 1.53 bits per heavy atom. The highest BCUT2D eigenvalue weighted by Crippen LogP contribution is 2.39.